The average Bonchev–Trinajstić information content (AvgIpc) is 3.27. The van der Waals surface area contributed by atoms with Crippen molar-refractivity contribution in [2.75, 3.05) is 13.2 Å². The molecule has 5 heteroatoms. The Hall–Kier alpha value is -2.70. The number of ether oxygens (including phenoxy) is 3. The molecule has 2 N–H and O–H groups in total. The van der Waals surface area contributed by atoms with Gasteiger partial charge in [0.2, 0.25) is 0 Å². The van der Waals surface area contributed by atoms with E-state index in [1.54, 1.807) is 0 Å². The summed E-state index contributed by atoms with van der Waals surface area (Å²) in [6, 6.07) is 22.9. The van der Waals surface area contributed by atoms with Crippen molar-refractivity contribution >= 4 is 0 Å². The van der Waals surface area contributed by atoms with Crippen LogP contribution in [0.2, 0.25) is 0 Å². The number of benzene rings is 3. The molecule has 0 spiro atoms. The van der Waals surface area contributed by atoms with Gasteiger partial charge in [-0.05, 0) is 58.9 Å². The molecule has 3 aromatic rings. The molecule has 0 aliphatic carbocycles. The number of rotatable bonds is 7. The molecule has 2 aliphatic rings. The van der Waals surface area contributed by atoms with Crippen LogP contribution in [0.15, 0.2) is 66.7 Å². The molecule has 1 fully saturated rings. The van der Waals surface area contributed by atoms with Gasteiger partial charge in [-0.3, -0.25) is 0 Å². The standard InChI is InChI=1S/C29H32O5/c1-19-6-9-21(28-15-24(31)14-26(16-30)34-28)13-23(19)12-20-7-10-25(11-8-20)32-18-29-27-5-3-2-4-22(27)17-33-29/h2-11,13,24,26,28-31H,12,14-18H2,1H3. The van der Waals surface area contributed by atoms with E-state index in [0.717, 1.165) is 17.7 Å². The molecule has 0 aromatic heterocycles. The average molecular weight is 461 g/mol. The van der Waals surface area contributed by atoms with Gasteiger partial charge < -0.3 is 24.4 Å². The van der Waals surface area contributed by atoms with Crippen molar-refractivity contribution in [3.05, 3.63) is 100 Å². The van der Waals surface area contributed by atoms with Crippen LogP contribution in [0.3, 0.4) is 0 Å². The summed E-state index contributed by atoms with van der Waals surface area (Å²) in [5.74, 6) is 0.835. The summed E-state index contributed by atoms with van der Waals surface area (Å²) in [6.07, 6.45) is 0.869. The van der Waals surface area contributed by atoms with E-state index in [0.29, 0.717) is 26.1 Å². The molecular formula is C29H32O5. The van der Waals surface area contributed by atoms with Gasteiger partial charge in [-0.1, -0.05) is 54.6 Å². The lowest BCUT2D eigenvalue weighted by Gasteiger charge is -2.32. The monoisotopic (exact) mass is 460 g/mol. The molecule has 0 saturated carbocycles. The van der Waals surface area contributed by atoms with Gasteiger partial charge in [-0.25, -0.2) is 0 Å². The van der Waals surface area contributed by atoms with Crippen LogP contribution in [0.5, 0.6) is 5.75 Å². The van der Waals surface area contributed by atoms with Crippen LogP contribution in [0.1, 0.15) is 58.4 Å². The molecule has 4 atom stereocenters. The zero-order valence-corrected chi connectivity index (χ0v) is 19.5. The normalized spacial score (nSPS) is 24.1. The summed E-state index contributed by atoms with van der Waals surface area (Å²) < 4.78 is 17.9. The summed E-state index contributed by atoms with van der Waals surface area (Å²) in [4.78, 5) is 0. The summed E-state index contributed by atoms with van der Waals surface area (Å²) in [7, 11) is 0. The highest BCUT2D eigenvalue weighted by molar-refractivity contribution is 5.38. The molecule has 2 aliphatic heterocycles. The van der Waals surface area contributed by atoms with E-state index in [9.17, 15) is 10.2 Å². The molecule has 2 heterocycles. The maximum Gasteiger partial charge on any atom is 0.119 e. The largest absolute Gasteiger partial charge is 0.491 e. The highest BCUT2D eigenvalue weighted by Crippen LogP contribution is 2.33. The summed E-state index contributed by atoms with van der Waals surface area (Å²) in [5, 5.41) is 19.7. The van der Waals surface area contributed by atoms with Crippen molar-refractivity contribution in [2.24, 2.45) is 0 Å². The molecule has 5 nitrogen and oxygen atoms in total. The quantitative estimate of drug-likeness (QED) is 0.530. The van der Waals surface area contributed by atoms with Gasteiger partial charge >= 0.3 is 0 Å². The van der Waals surface area contributed by atoms with Gasteiger partial charge in [0, 0.05) is 12.8 Å². The second-order valence-electron chi connectivity index (χ2n) is 9.37. The Morgan fingerprint density at radius 1 is 1.00 bits per heavy atom. The Balaban J connectivity index is 1.22. The van der Waals surface area contributed by atoms with Crippen molar-refractivity contribution in [2.45, 2.75) is 57.2 Å². The fourth-order valence-corrected chi connectivity index (χ4v) is 4.90. The number of aliphatic hydroxyl groups is 2. The van der Waals surface area contributed by atoms with Gasteiger partial charge in [0.15, 0.2) is 0 Å². The molecule has 5 rings (SSSR count). The van der Waals surface area contributed by atoms with Gasteiger partial charge in [0.05, 0.1) is 31.5 Å². The molecule has 1 saturated heterocycles. The van der Waals surface area contributed by atoms with Crippen LogP contribution in [0, 0.1) is 6.92 Å². The minimum absolute atomic E-state index is 0.0211. The molecule has 0 bridgehead atoms. The zero-order chi connectivity index (χ0) is 23.5. The Kier molecular flexibility index (Phi) is 6.97. The minimum Gasteiger partial charge on any atom is -0.491 e. The Morgan fingerprint density at radius 2 is 1.82 bits per heavy atom. The van der Waals surface area contributed by atoms with Crippen molar-refractivity contribution in [3.8, 4) is 5.75 Å². The first-order chi connectivity index (χ1) is 16.6. The Bertz CT molecular complexity index is 1110. The number of fused-ring (bicyclic) bond motifs is 1. The summed E-state index contributed by atoms with van der Waals surface area (Å²) in [5.41, 5.74) is 7.16. The third kappa shape index (κ3) is 5.18. The molecular weight excluding hydrogens is 428 g/mol. The second kappa shape index (κ2) is 10.3. The van der Waals surface area contributed by atoms with E-state index in [1.807, 2.05) is 24.3 Å². The minimum atomic E-state index is -0.448. The van der Waals surface area contributed by atoms with Crippen molar-refractivity contribution in [1.82, 2.24) is 0 Å². The molecule has 0 amide bonds. The molecule has 34 heavy (non-hydrogen) atoms. The molecule has 4 unspecified atom stereocenters. The number of hydrogen-bond acceptors (Lipinski definition) is 5. The van der Waals surface area contributed by atoms with Gasteiger partial charge in [0.25, 0.3) is 0 Å². The first-order valence-corrected chi connectivity index (χ1v) is 12.0. The van der Waals surface area contributed by atoms with Crippen molar-refractivity contribution in [3.63, 3.8) is 0 Å². The van der Waals surface area contributed by atoms with Crippen LogP contribution < -0.4 is 4.74 Å². The number of hydrogen-bond donors (Lipinski definition) is 2. The van der Waals surface area contributed by atoms with E-state index in [1.165, 1.54) is 27.8 Å². The van der Waals surface area contributed by atoms with E-state index < -0.39 is 6.10 Å². The SMILES string of the molecule is Cc1ccc(C2CC(O)CC(CO)O2)cc1Cc1ccc(OCC2OCc3ccccc32)cc1. The third-order valence-electron chi connectivity index (χ3n) is 6.89. The van der Waals surface area contributed by atoms with E-state index in [4.69, 9.17) is 14.2 Å². The maximum absolute atomic E-state index is 10.2. The predicted octanol–water partition coefficient (Wildman–Crippen LogP) is 4.81. The lowest BCUT2D eigenvalue weighted by atomic mass is 9.92. The third-order valence-corrected chi connectivity index (χ3v) is 6.89. The van der Waals surface area contributed by atoms with Crippen LogP contribution in [0.4, 0.5) is 0 Å². The zero-order valence-electron chi connectivity index (χ0n) is 19.5. The smallest absolute Gasteiger partial charge is 0.119 e. The van der Waals surface area contributed by atoms with Gasteiger partial charge in [0.1, 0.15) is 18.5 Å². The number of aliphatic hydroxyl groups excluding tert-OH is 2. The molecule has 3 aromatic carbocycles. The lowest BCUT2D eigenvalue weighted by Crippen LogP contribution is -2.33. The Labute approximate surface area is 200 Å². The van der Waals surface area contributed by atoms with Crippen LogP contribution in [0.25, 0.3) is 0 Å². The summed E-state index contributed by atoms with van der Waals surface area (Å²) >= 11 is 0. The fourth-order valence-electron chi connectivity index (χ4n) is 4.90. The van der Waals surface area contributed by atoms with E-state index in [-0.39, 0.29) is 24.9 Å². The Morgan fingerprint density at radius 3 is 2.65 bits per heavy atom. The highest BCUT2D eigenvalue weighted by Gasteiger charge is 2.29. The predicted molar refractivity (Wildman–Crippen MR) is 130 cm³/mol. The van der Waals surface area contributed by atoms with Crippen LogP contribution in [-0.4, -0.2) is 35.6 Å². The highest BCUT2D eigenvalue weighted by atomic mass is 16.5. The fraction of sp³-hybridized carbons (Fsp3) is 0.379. The molecule has 178 valence electrons. The first kappa shape index (κ1) is 23.1. The van der Waals surface area contributed by atoms with Crippen LogP contribution >= 0.6 is 0 Å². The number of aryl methyl sites for hydroxylation is 1. The first-order valence-electron chi connectivity index (χ1n) is 12.0. The van der Waals surface area contributed by atoms with E-state index >= 15 is 0 Å². The van der Waals surface area contributed by atoms with Crippen LogP contribution in [-0.2, 0) is 22.5 Å². The maximum atomic E-state index is 10.2. The van der Waals surface area contributed by atoms with E-state index in [2.05, 4.69) is 49.4 Å². The van der Waals surface area contributed by atoms with Crippen molar-refractivity contribution in [1.29, 1.82) is 0 Å². The molecule has 0 radical (unpaired) electrons. The second-order valence-corrected chi connectivity index (χ2v) is 9.37. The summed E-state index contributed by atoms with van der Waals surface area (Å²) in [6.45, 7) is 3.19. The van der Waals surface area contributed by atoms with Gasteiger partial charge in [-0.2, -0.15) is 0 Å². The van der Waals surface area contributed by atoms with Crippen molar-refractivity contribution < 1.29 is 24.4 Å². The lowest BCUT2D eigenvalue weighted by molar-refractivity contribution is -0.113. The topological polar surface area (TPSA) is 68.2 Å². The van der Waals surface area contributed by atoms with Gasteiger partial charge in [-0.15, -0.1) is 0 Å².